The number of hydrogen-bond donors (Lipinski definition) is 0. The van der Waals surface area contributed by atoms with Crippen molar-refractivity contribution in [2.45, 2.75) is 146 Å². The van der Waals surface area contributed by atoms with Crippen LogP contribution in [0.2, 0.25) is 0 Å². The van der Waals surface area contributed by atoms with Crippen LogP contribution in [0.4, 0.5) is 0 Å². The van der Waals surface area contributed by atoms with Crippen LogP contribution >= 0.6 is 0 Å². The monoisotopic (exact) mass is 864 g/mol. The molecule has 1 aliphatic carbocycles. The molecule has 1 aliphatic rings. The molecule has 0 aliphatic heterocycles. The molecule has 0 spiro atoms. The van der Waals surface area contributed by atoms with Gasteiger partial charge >= 0.3 is 112 Å². The van der Waals surface area contributed by atoms with Gasteiger partial charge in [-0.15, -0.1) is 46.7 Å². The SMILES string of the molecule is CC(C)(C)c1cc2[cH-]c3cc(C(C)(C)C)c(C(C)(C)C)cc3c2cc1C(C)(C)C.CC1=[C-]C(C)C(C)=C1C.Cc1ccc([C](=[Zr+2])c2ccc(C)cc2)cc1.[Cl-].[Cl-]. The molecule has 5 aromatic carbocycles. The molecule has 0 aromatic heterocycles. The van der Waals surface area contributed by atoms with Crippen molar-refractivity contribution in [3.63, 3.8) is 0 Å². The molecule has 56 heavy (non-hydrogen) atoms. The Kier molecular flexibility index (Phi) is 16.6. The van der Waals surface area contributed by atoms with E-state index in [2.05, 4.69) is 210 Å². The van der Waals surface area contributed by atoms with Crippen molar-refractivity contribution in [2.24, 2.45) is 5.92 Å². The van der Waals surface area contributed by atoms with E-state index < -0.39 is 0 Å². The van der Waals surface area contributed by atoms with Crippen LogP contribution < -0.4 is 24.8 Å². The Balaban J connectivity index is 0.000000335. The number of aryl methyl sites for hydroxylation is 2. The average molecular weight is 867 g/mol. The van der Waals surface area contributed by atoms with Crippen LogP contribution in [0.3, 0.4) is 0 Å². The fourth-order valence-corrected chi connectivity index (χ4v) is 8.18. The number of fused-ring (bicyclic) bond motifs is 3. The van der Waals surface area contributed by atoms with Gasteiger partial charge in [0.05, 0.1) is 0 Å². The van der Waals surface area contributed by atoms with E-state index in [1.165, 1.54) is 110 Å². The minimum Gasteiger partial charge on any atom is -1.00 e. The molecule has 0 nitrogen and oxygen atoms in total. The minimum absolute atomic E-state index is 0. The van der Waals surface area contributed by atoms with Crippen molar-refractivity contribution in [1.29, 1.82) is 0 Å². The smallest absolute Gasteiger partial charge is 1.00 e. The Morgan fingerprint density at radius 2 is 0.821 bits per heavy atom. The van der Waals surface area contributed by atoms with Gasteiger partial charge in [0.25, 0.3) is 0 Å². The summed E-state index contributed by atoms with van der Waals surface area (Å²) in [6.07, 6.45) is 3.36. The molecule has 300 valence electrons. The van der Waals surface area contributed by atoms with Gasteiger partial charge in [0.2, 0.25) is 0 Å². The molecule has 0 saturated carbocycles. The summed E-state index contributed by atoms with van der Waals surface area (Å²) in [7, 11) is 0. The summed E-state index contributed by atoms with van der Waals surface area (Å²) >= 11 is 1.46. The summed E-state index contributed by atoms with van der Waals surface area (Å²) in [6, 6.07) is 29.8. The third-order valence-electron chi connectivity index (χ3n) is 11.1. The molecule has 3 heteroatoms. The molecule has 1 unspecified atom stereocenters. The van der Waals surface area contributed by atoms with Crippen LogP contribution in [-0.4, -0.2) is 3.21 Å². The number of halogens is 2. The number of benzene rings is 4. The molecule has 0 bridgehead atoms. The van der Waals surface area contributed by atoms with Crippen LogP contribution in [0.5, 0.6) is 0 Å². The van der Waals surface area contributed by atoms with Gasteiger partial charge < -0.3 is 24.8 Å². The Bertz CT molecular complexity index is 2060. The van der Waals surface area contributed by atoms with Crippen molar-refractivity contribution < 1.29 is 49.0 Å². The maximum Gasteiger partial charge on any atom is -1.00 e. The van der Waals surface area contributed by atoms with Crippen molar-refractivity contribution >= 4 is 24.8 Å². The summed E-state index contributed by atoms with van der Waals surface area (Å²) in [5.41, 5.74) is 16.0. The van der Waals surface area contributed by atoms with E-state index in [1.807, 2.05) is 0 Å². The molecule has 0 fully saturated rings. The number of hydrogen-bond acceptors (Lipinski definition) is 0. The van der Waals surface area contributed by atoms with Gasteiger partial charge in [0, 0.05) is 0 Å². The molecule has 0 heterocycles. The molecule has 0 N–H and O–H groups in total. The second-order valence-corrected chi connectivity index (χ2v) is 21.2. The first-order chi connectivity index (χ1) is 24.7. The maximum absolute atomic E-state index is 3.36. The zero-order chi connectivity index (χ0) is 40.7. The standard InChI is InChI=1S/C29H41.C15H14.C9H13.2ClH.Zr/c1-26(2,3)22-14-18-13-19-15-23(27(4,5)6)25(29(10,11)12)17-21(19)20(18)16-24(22)28(7,8)9;1-12-3-7-14(8-4-12)11-15-9-5-13(2)6-10-15;1-6-5-7(2)9(4)8(6)3;;;/h13-17H,1-12H3;3-10H,1-2H3;6H,1-4H3;2*1H;/q-1;;-1;;;+2/p-2. The number of rotatable bonds is 2. The molecule has 5 aromatic rings. The second kappa shape index (κ2) is 18.7. The van der Waals surface area contributed by atoms with Gasteiger partial charge in [0.1, 0.15) is 0 Å². The van der Waals surface area contributed by atoms with E-state index in [1.54, 1.807) is 0 Å². The van der Waals surface area contributed by atoms with Crippen molar-refractivity contribution in [3.8, 4) is 0 Å². The first-order valence-electron chi connectivity index (χ1n) is 19.9. The quantitative estimate of drug-likeness (QED) is 0.156. The minimum atomic E-state index is 0. The fourth-order valence-electron chi connectivity index (χ4n) is 7.36. The van der Waals surface area contributed by atoms with Crippen molar-refractivity contribution in [1.82, 2.24) is 0 Å². The topological polar surface area (TPSA) is 0 Å². The third-order valence-corrected chi connectivity index (χ3v) is 12.5. The van der Waals surface area contributed by atoms with E-state index in [0.717, 1.165) is 0 Å². The van der Waals surface area contributed by atoms with E-state index >= 15 is 0 Å². The molecule has 0 radical (unpaired) electrons. The normalized spacial score (nSPS) is 14.6. The van der Waals surface area contributed by atoms with E-state index in [9.17, 15) is 0 Å². The second-order valence-electron chi connectivity index (χ2n) is 20.0. The van der Waals surface area contributed by atoms with Gasteiger partial charge in [-0.2, -0.15) is 11.1 Å². The van der Waals surface area contributed by atoms with Crippen molar-refractivity contribution in [3.05, 3.63) is 146 Å². The van der Waals surface area contributed by atoms with Gasteiger partial charge in [-0.1, -0.05) is 144 Å². The predicted molar refractivity (Wildman–Crippen MR) is 237 cm³/mol. The summed E-state index contributed by atoms with van der Waals surface area (Å²) in [6.45, 7) is 41.0. The van der Waals surface area contributed by atoms with E-state index in [0.29, 0.717) is 5.92 Å². The third kappa shape index (κ3) is 11.8. The van der Waals surface area contributed by atoms with E-state index in [4.69, 9.17) is 0 Å². The Hall–Kier alpha value is -2.44. The van der Waals surface area contributed by atoms with E-state index in [-0.39, 0.29) is 46.5 Å². The molecular formula is C53H68Cl2Zr-2. The number of allylic oxidation sites excluding steroid dienone is 4. The summed E-state index contributed by atoms with van der Waals surface area (Å²) in [5.74, 6) is 0.560. The van der Waals surface area contributed by atoms with Gasteiger partial charge in [0.15, 0.2) is 0 Å². The Labute approximate surface area is 369 Å². The largest absolute Gasteiger partial charge is 1.00 e. The first-order valence-corrected chi connectivity index (χ1v) is 21.2. The Morgan fingerprint density at radius 1 is 0.518 bits per heavy atom. The zero-order valence-electron chi connectivity index (χ0n) is 37.8. The summed E-state index contributed by atoms with van der Waals surface area (Å²) in [4.78, 5) is 0. The van der Waals surface area contributed by atoms with Crippen LogP contribution in [0.25, 0.3) is 21.5 Å². The maximum atomic E-state index is 3.36. The molecule has 0 amide bonds. The zero-order valence-corrected chi connectivity index (χ0v) is 41.8. The van der Waals surface area contributed by atoms with Crippen LogP contribution in [0.15, 0.2) is 95.6 Å². The molecule has 6 rings (SSSR count). The van der Waals surface area contributed by atoms with Crippen LogP contribution in [0, 0.1) is 25.8 Å². The predicted octanol–water partition coefficient (Wildman–Crippen LogP) is 9.05. The van der Waals surface area contributed by atoms with Gasteiger partial charge in [-0.05, 0) is 21.7 Å². The molecule has 0 saturated heterocycles. The average Bonchev–Trinajstić information content (AvgIpc) is 3.53. The van der Waals surface area contributed by atoms with Gasteiger partial charge in [-0.3, -0.25) is 6.08 Å². The first kappa shape index (κ1) is 49.7. The molecular weight excluding hydrogens is 799 g/mol. The van der Waals surface area contributed by atoms with Gasteiger partial charge in [-0.25, -0.2) is 5.57 Å². The summed E-state index contributed by atoms with van der Waals surface area (Å²) < 4.78 is 1.42. The fraction of sp³-hybridized carbons (Fsp3) is 0.434. The summed E-state index contributed by atoms with van der Waals surface area (Å²) in [5, 5.41) is 5.57. The Morgan fingerprint density at radius 3 is 1.05 bits per heavy atom. The van der Waals surface area contributed by atoms with Crippen molar-refractivity contribution in [2.75, 3.05) is 0 Å². The van der Waals surface area contributed by atoms with Crippen LogP contribution in [-0.2, 0) is 45.9 Å². The van der Waals surface area contributed by atoms with Crippen LogP contribution in [0.1, 0.15) is 155 Å². The molecule has 1 atom stereocenters.